The Kier molecular flexibility index (Phi) is 4.39. The van der Waals surface area contributed by atoms with Crippen molar-refractivity contribution in [2.45, 2.75) is 13.5 Å². The molecule has 0 spiro atoms. The lowest BCUT2D eigenvalue weighted by molar-refractivity contribution is -0.117. The summed E-state index contributed by atoms with van der Waals surface area (Å²) in [6, 6.07) is 6.73. The summed E-state index contributed by atoms with van der Waals surface area (Å²) < 4.78 is 0. The summed E-state index contributed by atoms with van der Waals surface area (Å²) in [4.78, 5) is 11.5. The second kappa shape index (κ2) is 5.80. The number of phenols is 1. The lowest BCUT2D eigenvalue weighted by Gasteiger charge is -2.05. The van der Waals surface area contributed by atoms with Gasteiger partial charge in [-0.1, -0.05) is 12.1 Å². The molecule has 0 aromatic heterocycles. The zero-order chi connectivity index (χ0) is 12.0. The molecule has 0 saturated heterocycles. The van der Waals surface area contributed by atoms with Crippen molar-refractivity contribution in [2.75, 3.05) is 7.05 Å². The first-order chi connectivity index (χ1) is 7.63. The molecule has 0 unspecified atom stereocenters. The molecule has 1 amide bonds. The summed E-state index contributed by atoms with van der Waals surface area (Å²) in [5.74, 6) is 0.115. The van der Waals surface area contributed by atoms with Crippen LogP contribution in [0.1, 0.15) is 12.5 Å². The maximum Gasteiger partial charge on any atom is 0.248 e. The van der Waals surface area contributed by atoms with E-state index in [9.17, 15) is 4.79 Å². The Bertz CT molecular complexity index is 383. The Morgan fingerprint density at radius 1 is 1.38 bits per heavy atom. The molecular weight excluding hydrogens is 204 g/mol. The van der Waals surface area contributed by atoms with Gasteiger partial charge in [0.2, 0.25) is 5.91 Å². The molecule has 0 aliphatic carbocycles. The molecule has 1 aromatic rings. The summed E-state index contributed by atoms with van der Waals surface area (Å²) >= 11 is 0. The van der Waals surface area contributed by atoms with Crippen LogP contribution in [0.2, 0.25) is 0 Å². The van der Waals surface area contributed by atoms with E-state index in [1.165, 1.54) is 0 Å². The minimum Gasteiger partial charge on any atom is -0.508 e. The van der Waals surface area contributed by atoms with E-state index in [0.717, 1.165) is 5.56 Å². The van der Waals surface area contributed by atoms with Crippen LogP contribution < -0.4 is 10.6 Å². The molecule has 1 rings (SSSR count). The Morgan fingerprint density at radius 3 is 2.56 bits per heavy atom. The molecule has 0 saturated carbocycles. The average molecular weight is 220 g/mol. The number of hydrogen-bond donors (Lipinski definition) is 3. The molecule has 16 heavy (non-hydrogen) atoms. The Balaban J connectivity index is 2.49. The third-order valence-corrected chi connectivity index (χ3v) is 2.11. The zero-order valence-corrected chi connectivity index (χ0v) is 9.45. The molecule has 3 N–H and O–H groups in total. The fraction of sp³-hybridized carbons (Fsp3) is 0.250. The van der Waals surface area contributed by atoms with Gasteiger partial charge >= 0.3 is 0 Å². The fourth-order valence-electron chi connectivity index (χ4n) is 1.22. The van der Waals surface area contributed by atoms with Crippen LogP contribution in [0, 0.1) is 0 Å². The van der Waals surface area contributed by atoms with Crippen LogP contribution in [0.15, 0.2) is 36.0 Å². The SMILES string of the molecule is CN/C=C(\C)C(=O)NCc1ccc(O)cc1. The van der Waals surface area contributed by atoms with E-state index >= 15 is 0 Å². The standard InChI is InChI=1S/C12H16N2O2/c1-9(7-13-2)12(16)14-8-10-3-5-11(15)6-4-10/h3-7,13,15H,8H2,1-2H3,(H,14,16)/b9-7+. The molecule has 4 nitrogen and oxygen atoms in total. The number of benzene rings is 1. The highest BCUT2D eigenvalue weighted by Crippen LogP contribution is 2.09. The van der Waals surface area contributed by atoms with Crippen LogP contribution in [0.5, 0.6) is 5.75 Å². The van der Waals surface area contributed by atoms with E-state index in [0.29, 0.717) is 12.1 Å². The van der Waals surface area contributed by atoms with Crippen molar-refractivity contribution in [2.24, 2.45) is 0 Å². The third-order valence-electron chi connectivity index (χ3n) is 2.11. The van der Waals surface area contributed by atoms with Gasteiger partial charge in [-0.05, 0) is 24.6 Å². The van der Waals surface area contributed by atoms with Crippen LogP contribution >= 0.6 is 0 Å². The Hall–Kier alpha value is -1.97. The van der Waals surface area contributed by atoms with Crippen LogP contribution in [-0.4, -0.2) is 18.1 Å². The van der Waals surface area contributed by atoms with Gasteiger partial charge in [-0.25, -0.2) is 0 Å². The van der Waals surface area contributed by atoms with Gasteiger partial charge in [0.05, 0.1) is 0 Å². The van der Waals surface area contributed by atoms with Gasteiger partial charge in [-0.15, -0.1) is 0 Å². The predicted octanol–water partition coefficient (Wildman–Crippen LogP) is 1.13. The summed E-state index contributed by atoms with van der Waals surface area (Å²) in [6.45, 7) is 2.19. The van der Waals surface area contributed by atoms with E-state index in [-0.39, 0.29) is 11.7 Å². The minimum absolute atomic E-state index is 0.109. The highest BCUT2D eigenvalue weighted by molar-refractivity contribution is 5.92. The van der Waals surface area contributed by atoms with Crippen molar-refractivity contribution in [3.05, 3.63) is 41.6 Å². The van der Waals surface area contributed by atoms with Crippen molar-refractivity contribution in [3.63, 3.8) is 0 Å². The van der Waals surface area contributed by atoms with Gasteiger partial charge < -0.3 is 15.7 Å². The van der Waals surface area contributed by atoms with E-state index in [4.69, 9.17) is 5.11 Å². The third kappa shape index (κ3) is 3.65. The van der Waals surface area contributed by atoms with Crippen LogP contribution in [0.4, 0.5) is 0 Å². The lowest BCUT2D eigenvalue weighted by atomic mass is 10.2. The van der Waals surface area contributed by atoms with Gasteiger partial charge in [0, 0.05) is 25.4 Å². The lowest BCUT2D eigenvalue weighted by Crippen LogP contribution is -2.24. The quantitative estimate of drug-likeness (QED) is 0.667. The molecule has 0 aliphatic heterocycles. The highest BCUT2D eigenvalue weighted by Gasteiger charge is 2.02. The molecule has 0 heterocycles. The minimum atomic E-state index is -0.109. The number of amides is 1. The topological polar surface area (TPSA) is 61.4 Å². The molecule has 0 atom stereocenters. The summed E-state index contributed by atoms with van der Waals surface area (Å²) in [7, 11) is 1.75. The monoisotopic (exact) mass is 220 g/mol. The number of hydrogen-bond acceptors (Lipinski definition) is 3. The molecule has 0 aliphatic rings. The van der Waals surface area contributed by atoms with Gasteiger partial charge in [0.1, 0.15) is 5.75 Å². The maximum atomic E-state index is 11.5. The van der Waals surface area contributed by atoms with Crippen molar-refractivity contribution >= 4 is 5.91 Å². The molecule has 0 bridgehead atoms. The molecular formula is C12H16N2O2. The highest BCUT2D eigenvalue weighted by atomic mass is 16.3. The van der Waals surface area contributed by atoms with Gasteiger partial charge in [-0.2, -0.15) is 0 Å². The number of carbonyl (C=O) groups excluding carboxylic acids is 1. The smallest absolute Gasteiger partial charge is 0.248 e. The molecule has 4 heteroatoms. The number of carbonyl (C=O) groups is 1. The maximum absolute atomic E-state index is 11.5. The number of nitrogens with one attached hydrogen (secondary N) is 2. The summed E-state index contributed by atoms with van der Waals surface area (Å²) in [5.41, 5.74) is 1.57. The first kappa shape index (κ1) is 12.1. The van der Waals surface area contributed by atoms with E-state index in [1.807, 2.05) is 0 Å². The van der Waals surface area contributed by atoms with Crippen molar-refractivity contribution in [1.29, 1.82) is 0 Å². The second-order valence-electron chi connectivity index (χ2n) is 3.47. The van der Waals surface area contributed by atoms with Gasteiger partial charge in [0.25, 0.3) is 0 Å². The van der Waals surface area contributed by atoms with Gasteiger partial charge in [0.15, 0.2) is 0 Å². The first-order valence-corrected chi connectivity index (χ1v) is 5.03. The molecule has 0 radical (unpaired) electrons. The van der Waals surface area contributed by atoms with E-state index in [1.54, 1.807) is 44.4 Å². The summed E-state index contributed by atoms with van der Waals surface area (Å²) in [5, 5.41) is 14.7. The fourth-order valence-corrected chi connectivity index (χ4v) is 1.22. The normalized spacial score (nSPS) is 11.0. The second-order valence-corrected chi connectivity index (χ2v) is 3.47. The number of aromatic hydroxyl groups is 1. The largest absolute Gasteiger partial charge is 0.508 e. The molecule has 0 fully saturated rings. The summed E-state index contributed by atoms with van der Waals surface area (Å²) in [6.07, 6.45) is 1.64. The molecule has 86 valence electrons. The Labute approximate surface area is 95.0 Å². The van der Waals surface area contributed by atoms with Crippen molar-refractivity contribution in [1.82, 2.24) is 10.6 Å². The molecule has 1 aromatic carbocycles. The van der Waals surface area contributed by atoms with Crippen LogP contribution in [0.25, 0.3) is 0 Å². The zero-order valence-electron chi connectivity index (χ0n) is 9.45. The van der Waals surface area contributed by atoms with Crippen LogP contribution in [0.3, 0.4) is 0 Å². The van der Waals surface area contributed by atoms with E-state index in [2.05, 4.69) is 10.6 Å². The number of phenolic OH excluding ortho intramolecular Hbond substituents is 1. The van der Waals surface area contributed by atoms with Crippen molar-refractivity contribution in [3.8, 4) is 5.75 Å². The van der Waals surface area contributed by atoms with Crippen molar-refractivity contribution < 1.29 is 9.90 Å². The van der Waals surface area contributed by atoms with E-state index < -0.39 is 0 Å². The number of rotatable bonds is 4. The first-order valence-electron chi connectivity index (χ1n) is 5.03. The van der Waals surface area contributed by atoms with Gasteiger partial charge in [-0.3, -0.25) is 4.79 Å². The Morgan fingerprint density at radius 2 is 2.00 bits per heavy atom. The van der Waals surface area contributed by atoms with Crippen LogP contribution in [-0.2, 0) is 11.3 Å². The predicted molar refractivity (Wildman–Crippen MR) is 62.8 cm³/mol. The average Bonchev–Trinajstić information content (AvgIpc) is 2.28.